The number of aliphatic hydroxyl groups is 1. The second kappa shape index (κ2) is 9.53. The number of aryl methyl sites for hydroxylation is 1. The molecule has 1 fully saturated rings. The number of aromatic hydroxyl groups is 1. The lowest BCUT2D eigenvalue weighted by Crippen LogP contribution is -2.29. The molecular formula is C30H31NO5. The fourth-order valence-corrected chi connectivity index (χ4v) is 4.64. The van der Waals surface area contributed by atoms with Crippen LogP contribution >= 0.6 is 0 Å². The van der Waals surface area contributed by atoms with E-state index in [1.54, 1.807) is 30.3 Å². The summed E-state index contributed by atoms with van der Waals surface area (Å²) in [6.07, 6.45) is 0. The van der Waals surface area contributed by atoms with Gasteiger partial charge in [0, 0.05) is 11.1 Å². The van der Waals surface area contributed by atoms with Crippen molar-refractivity contribution in [2.75, 3.05) is 11.5 Å². The van der Waals surface area contributed by atoms with Crippen molar-refractivity contribution < 1.29 is 24.5 Å². The maximum atomic E-state index is 13.4. The normalized spacial score (nSPS) is 17.5. The zero-order valence-corrected chi connectivity index (χ0v) is 21.2. The third-order valence-electron chi connectivity index (χ3n) is 6.43. The van der Waals surface area contributed by atoms with E-state index in [0.717, 1.165) is 11.1 Å². The van der Waals surface area contributed by atoms with Crippen molar-refractivity contribution in [2.45, 2.75) is 46.1 Å². The van der Waals surface area contributed by atoms with Gasteiger partial charge in [-0.1, -0.05) is 57.2 Å². The molecule has 0 radical (unpaired) electrons. The maximum Gasteiger partial charge on any atom is 0.300 e. The summed E-state index contributed by atoms with van der Waals surface area (Å²) in [6, 6.07) is 18.1. The third-order valence-corrected chi connectivity index (χ3v) is 6.43. The summed E-state index contributed by atoms with van der Waals surface area (Å²) in [5, 5.41) is 22.1. The van der Waals surface area contributed by atoms with Crippen LogP contribution in [-0.4, -0.2) is 28.5 Å². The highest BCUT2D eigenvalue weighted by Gasteiger charge is 2.48. The number of nitrogens with zero attached hydrogens (tertiary/aromatic N) is 1. The predicted molar refractivity (Wildman–Crippen MR) is 140 cm³/mol. The number of ketones is 1. The highest BCUT2D eigenvalue weighted by molar-refractivity contribution is 6.52. The van der Waals surface area contributed by atoms with Crippen molar-refractivity contribution in [3.8, 4) is 11.5 Å². The standard InChI is InChI=1S/C30H31NO5/c1-6-36-24-16-15-19(17-21(24)30(3,4)5)27(33)25-26(20-12-8-7-11-18(20)2)31(29(35)28(25)34)22-13-9-10-14-23(22)32/h7-17,26,32-33H,6H2,1-5H3/b27-25+. The lowest BCUT2D eigenvalue weighted by Gasteiger charge is -2.27. The molecule has 3 aromatic carbocycles. The van der Waals surface area contributed by atoms with Crippen molar-refractivity contribution in [3.05, 3.63) is 94.6 Å². The number of hydrogen-bond donors (Lipinski definition) is 2. The molecule has 1 unspecified atom stereocenters. The summed E-state index contributed by atoms with van der Waals surface area (Å²) < 4.78 is 5.80. The van der Waals surface area contributed by atoms with E-state index >= 15 is 0 Å². The van der Waals surface area contributed by atoms with Gasteiger partial charge in [0.25, 0.3) is 11.7 Å². The SMILES string of the molecule is CCOc1ccc(/C(O)=C2\C(=O)C(=O)N(c3ccccc3O)C2c2ccccc2C)cc1C(C)(C)C. The third kappa shape index (κ3) is 4.35. The van der Waals surface area contributed by atoms with Gasteiger partial charge in [0.05, 0.1) is 23.9 Å². The Morgan fingerprint density at radius 1 is 1.00 bits per heavy atom. The predicted octanol–water partition coefficient (Wildman–Crippen LogP) is 6.02. The van der Waals surface area contributed by atoms with Gasteiger partial charge < -0.3 is 14.9 Å². The van der Waals surface area contributed by atoms with Gasteiger partial charge in [0.2, 0.25) is 0 Å². The van der Waals surface area contributed by atoms with E-state index in [4.69, 9.17) is 4.74 Å². The summed E-state index contributed by atoms with van der Waals surface area (Å²) in [7, 11) is 0. The van der Waals surface area contributed by atoms with Gasteiger partial charge in [-0.05, 0) is 60.7 Å². The first-order chi connectivity index (χ1) is 17.1. The van der Waals surface area contributed by atoms with E-state index in [2.05, 4.69) is 0 Å². The first-order valence-electron chi connectivity index (χ1n) is 12.0. The van der Waals surface area contributed by atoms with E-state index in [1.807, 2.05) is 65.0 Å². The molecule has 6 heteroatoms. The van der Waals surface area contributed by atoms with E-state index in [-0.39, 0.29) is 28.2 Å². The summed E-state index contributed by atoms with van der Waals surface area (Å²) in [4.78, 5) is 28.1. The van der Waals surface area contributed by atoms with Crippen molar-refractivity contribution in [1.82, 2.24) is 0 Å². The van der Waals surface area contributed by atoms with Crippen LogP contribution in [0.1, 0.15) is 56.0 Å². The maximum absolute atomic E-state index is 13.4. The summed E-state index contributed by atoms with van der Waals surface area (Å²) in [5.41, 5.74) is 2.70. The lowest BCUT2D eigenvalue weighted by molar-refractivity contribution is -0.132. The largest absolute Gasteiger partial charge is 0.507 e. The highest BCUT2D eigenvalue weighted by atomic mass is 16.5. The molecule has 0 saturated carbocycles. The molecular weight excluding hydrogens is 454 g/mol. The number of amides is 1. The van der Waals surface area contributed by atoms with E-state index in [1.165, 1.54) is 11.0 Å². The van der Waals surface area contributed by atoms with Gasteiger partial charge in [-0.25, -0.2) is 0 Å². The molecule has 186 valence electrons. The minimum absolute atomic E-state index is 0.0263. The Hall–Kier alpha value is -4.06. The van der Waals surface area contributed by atoms with Crippen LogP contribution in [-0.2, 0) is 15.0 Å². The van der Waals surface area contributed by atoms with Gasteiger partial charge in [-0.3, -0.25) is 14.5 Å². The number of anilines is 1. The Bertz CT molecular complexity index is 1370. The molecule has 1 amide bonds. The van der Waals surface area contributed by atoms with Crippen molar-refractivity contribution in [2.24, 2.45) is 0 Å². The number of hydrogen-bond acceptors (Lipinski definition) is 5. The molecule has 2 N–H and O–H groups in total. The number of aliphatic hydroxyl groups excluding tert-OH is 1. The van der Waals surface area contributed by atoms with Crippen LogP contribution in [0.5, 0.6) is 11.5 Å². The van der Waals surface area contributed by atoms with Gasteiger partial charge in [-0.15, -0.1) is 0 Å². The van der Waals surface area contributed by atoms with Gasteiger partial charge in [0.15, 0.2) is 0 Å². The lowest BCUT2D eigenvalue weighted by atomic mass is 9.84. The van der Waals surface area contributed by atoms with Crippen molar-refractivity contribution in [1.29, 1.82) is 0 Å². The Kier molecular flexibility index (Phi) is 6.63. The molecule has 0 spiro atoms. The fraction of sp³-hybridized carbons (Fsp3) is 0.267. The Morgan fingerprint density at radius 3 is 2.31 bits per heavy atom. The number of carbonyl (C=O) groups is 2. The summed E-state index contributed by atoms with van der Waals surface area (Å²) in [5.74, 6) is -1.32. The van der Waals surface area contributed by atoms with Gasteiger partial charge in [0.1, 0.15) is 17.3 Å². The first kappa shape index (κ1) is 25.0. The quantitative estimate of drug-likeness (QED) is 0.262. The first-order valence-corrected chi connectivity index (χ1v) is 12.0. The molecule has 0 aromatic heterocycles. The molecule has 1 heterocycles. The number of ether oxygens (including phenoxy) is 1. The van der Waals surface area contributed by atoms with E-state index < -0.39 is 17.7 Å². The second-order valence-corrected chi connectivity index (χ2v) is 9.91. The molecule has 36 heavy (non-hydrogen) atoms. The molecule has 1 saturated heterocycles. The van der Waals surface area contributed by atoms with E-state index in [0.29, 0.717) is 23.5 Å². The molecule has 0 bridgehead atoms. The molecule has 4 rings (SSSR count). The van der Waals surface area contributed by atoms with Crippen molar-refractivity contribution in [3.63, 3.8) is 0 Å². The fourth-order valence-electron chi connectivity index (χ4n) is 4.64. The Balaban J connectivity index is 1.98. The Morgan fingerprint density at radius 2 is 1.67 bits per heavy atom. The van der Waals surface area contributed by atoms with Gasteiger partial charge in [-0.2, -0.15) is 0 Å². The Labute approximate surface area is 211 Å². The topological polar surface area (TPSA) is 87.1 Å². The number of carbonyl (C=O) groups excluding carboxylic acids is 2. The number of benzene rings is 3. The smallest absolute Gasteiger partial charge is 0.300 e. The highest BCUT2D eigenvalue weighted by Crippen LogP contribution is 2.46. The average molecular weight is 486 g/mol. The number of Topliss-reactive ketones (excluding diaryl/α,β-unsaturated/α-hetero) is 1. The number of phenols is 1. The molecule has 6 nitrogen and oxygen atoms in total. The van der Waals surface area contributed by atoms with Crippen LogP contribution in [0.15, 0.2) is 72.3 Å². The zero-order valence-electron chi connectivity index (χ0n) is 21.2. The van der Waals surface area contributed by atoms with Crippen LogP contribution in [0.4, 0.5) is 5.69 Å². The van der Waals surface area contributed by atoms with Crippen LogP contribution in [0.25, 0.3) is 5.76 Å². The monoisotopic (exact) mass is 485 g/mol. The van der Waals surface area contributed by atoms with Crippen LogP contribution < -0.4 is 9.64 Å². The zero-order chi connectivity index (χ0) is 26.2. The van der Waals surface area contributed by atoms with Crippen molar-refractivity contribution >= 4 is 23.1 Å². The summed E-state index contributed by atoms with van der Waals surface area (Å²) in [6.45, 7) is 10.4. The molecule has 1 atom stereocenters. The molecule has 1 aliphatic rings. The van der Waals surface area contributed by atoms with Crippen LogP contribution in [0.3, 0.4) is 0 Å². The number of phenolic OH excluding ortho intramolecular Hbond substituents is 1. The minimum Gasteiger partial charge on any atom is -0.507 e. The van der Waals surface area contributed by atoms with E-state index in [9.17, 15) is 19.8 Å². The number of rotatable bonds is 5. The summed E-state index contributed by atoms with van der Waals surface area (Å²) >= 11 is 0. The minimum atomic E-state index is -0.913. The van der Waals surface area contributed by atoms with Crippen LogP contribution in [0.2, 0.25) is 0 Å². The average Bonchev–Trinajstić information content (AvgIpc) is 3.09. The second-order valence-electron chi connectivity index (χ2n) is 9.91. The number of para-hydroxylation sites is 2. The molecule has 0 aliphatic carbocycles. The molecule has 3 aromatic rings. The molecule has 1 aliphatic heterocycles. The van der Waals surface area contributed by atoms with Crippen LogP contribution in [0, 0.1) is 6.92 Å². The van der Waals surface area contributed by atoms with Gasteiger partial charge >= 0.3 is 0 Å².